The molecule has 3 N–H and O–H groups in total. The van der Waals surface area contributed by atoms with Gasteiger partial charge in [-0.15, -0.1) is 12.4 Å². The van der Waals surface area contributed by atoms with E-state index in [2.05, 4.69) is 12.2 Å². The molecular formula is C12H25ClN2OS. The van der Waals surface area contributed by atoms with Crippen molar-refractivity contribution in [3.63, 3.8) is 0 Å². The van der Waals surface area contributed by atoms with Gasteiger partial charge in [-0.3, -0.25) is 4.79 Å². The van der Waals surface area contributed by atoms with E-state index in [1.807, 2.05) is 25.6 Å². The molecule has 1 fully saturated rings. The third-order valence-electron chi connectivity index (χ3n) is 3.18. The van der Waals surface area contributed by atoms with Crippen LogP contribution in [0.1, 0.15) is 40.0 Å². The fourth-order valence-corrected chi connectivity index (χ4v) is 3.28. The lowest BCUT2D eigenvalue weighted by molar-refractivity contribution is -0.123. The molecule has 0 bridgehead atoms. The second kappa shape index (κ2) is 8.22. The van der Waals surface area contributed by atoms with Gasteiger partial charge in [0.25, 0.3) is 0 Å². The first-order valence-corrected chi connectivity index (χ1v) is 7.28. The summed E-state index contributed by atoms with van der Waals surface area (Å²) < 4.78 is 0. The molecule has 0 radical (unpaired) electrons. The summed E-state index contributed by atoms with van der Waals surface area (Å²) in [5.41, 5.74) is 5.84. The Balaban J connectivity index is 0.00000256. The molecule has 17 heavy (non-hydrogen) atoms. The molecule has 0 aliphatic heterocycles. The molecular weight excluding hydrogens is 256 g/mol. The fourth-order valence-electron chi connectivity index (χ4n) is 2.09. The average Bonchev–Trinajstić information content (AvgIpc) is 2.65. The quantitative estimate of drug-likeness (QED) is 0.812. The zero-order valence-electron chi connectivity index (χ0n) is 10.9. The molecule has 1 rings (SSSR count). The number of nitrogens with two attached hydrogens (primary N) is 1. The molecule has 0 heterocycles. The second-order valence-corrected chi connectivity index (χ2v) is 6.33. The van der Waals surface area contributed by atoms with E-state index in [1.54, 1.807) is 0 Å². The molecule has 0 aromatic rings. The minimum absolute atomic E-state index is 0. The van der Waals surface area contributed by atoms with Gasteiger partial charge in [0.05, 0.1) is 6.04 Å². The number of carbonyl (C=O) groups is 1. The lowest BCUT2D eigenvalue weighted by Crippen LogP contribution is -2.49. The van der Waals surface area contributed by atoms with Gasteiger partial charge in [-0.05, 0) is 24.5 Å². The summed E-state index contributed by atoms with van der Waals surface area (Å²) in [6.45, 7) is 6.13. The molecule has 2 unspecified atom stereocenters. The number of halogens is 1. The minimum Gasteiger partial charge on any atom is -0.351 e. The van der Waals surface area contributed by atoms with Crippen LogP contribution < -0.4 is 11.1 Å². The van der Waals surface area contributed by atoms with E-state index < -0.39 is 0 Å². The van der Waals surface area contributed by atoms with Crippen molar-refractivity contribution in [1.29, 1.82) is 0 Å². The van der Waals surface area contributed by atoms with Gasteiger partial charge in [-0.25, -0.2) is 0 Å². The number of rotatable bonds is 5. The van der Waals surface area contributed by atoms with E-state index in [0.29, 0.717) is 11.3 Å². The van der Waals surface area contributed by atoms with Crippen LogP contribution in [0.25, 0.3) is 0 Å². The lowest BCUT2D eigenvalue weighted by Gasteiger charge is -2.23. The third kappa shape index (κ3) is 5.06. The van der Waals surface area contributed by atoms with Crippen molar-refractivity contribution in [2.75, 3.05) is 5.75 Å². The van der Waals surface area contributed by atoms with E-state index in [0.717, 1.165) is 12.2 Å². The second-order valence-electron chi connectivity index (χ2n) is 4.81. The van der Waals surface area contributed by atoms with Gasteiger partial charge in [0.1, 0.15) is 0 Å². The maximum absolute atomic E-state index is 11.8. The number of amides is 1. The van der Waals surface area contributed by atoms with E-state index in [-0.39, 0.29) is 30.3 Å². The van der Waals surface area contributed by atoms with Gasteiger partial charge < -0.3 is 11.1 Å². The Bertz CT molecular complexity index is 239. The van der Waals surface area contributed by atoms with Gasteiger partial charge in [0, 0.05) is 11.3 Å². The topological polar surface area (TPSA) is 55.1 Å². The van der Waals surface area contributed by atoms with Crippen LogP contribution in [-0.4, -0.2) is 29.0 Å². The van der Waals surface area contributed by atoms with Gasteiger partial charge >= 0.3 is 0 Å². The van der Waals surface area contributed by atoms with Gasteiger partial charge in [0.2, 0.25) is 5.91 Å². The van der Waals surface area contributed by atoms with Crippen molar-refractivity contribution in [2.24, 2.45) is 11.7 Å². The molecule has 0 saturated heterocycles. The number of carbonyl (C=O) groups excluding carboxylic acids is 1. The maximum atomic E-state index is 11.8. The van der Waals surface area contributed by atoms with Crippen molar-refractivity contribution in [3.05, 3.63) is 0 Å². The van der Waals surface area contributed by atoms with Gasteiger partial charge in [0.15, 0.2) is 0 Å². The van der Waals surface area contributed by atoms with Crippen LogP contribution in [0, 0.1) is 5.92 Å². The average molecular weight is 281 g/mol. The van der Waals surface area contributed by atoms with Crippen molar-refractivity contribution in [2.45, 2.75) is 57.4 Å². The predicted octanol–water partition coefficient (Wildman–Crippen LogP) is 2.18. The van der Waals surface area contributed by atoms with Crippen molar-refractivity contribution in [3.8, 4) is 0 Å². The first kappa shape index (κ1) is 17.1. The number of hydrogen-bond acceptors (Lipinski definition) is 3. The van der Waals surface area contributed by atoms with Crippen molar-refractivity contribution >= 4 is 30.1 Å². The van der Waals surface area contributed by atoms with Crippen LogP contribution in [0.4, 0.5) is 0 Å². The standard InChI is InChI=1S/C12H24N2OS.ClH/c1-4-16-10-7-5-6-9(10)14-12(15)11(13)8(2)3;/h8-11H,4-7,13H2,1-3H3,(H,14,15);1H/t9?,10?,11-;/m1./s1. The van der Waals surface area contributed by atoms with E-state index >= 15 is 0 Å². The molecule has 3 nitrogen and oxygen atoms in total. The summed E-state index contributed by atoms with van der Waals surface area (Å²) in [5.74, 6) is 1.34. The highest BCUT2D eigenvalue weighted by atomic mass is 35.5. The predicted molar refractivity (Wildman–Crippen MR) is 77.8 cm³/mol. The molecule has 3 atom stereocenters. The van der Waals surface area contributed by atoms with E-state index in [9.17, 15) is 4.79 Å². The van der Waals surface area contributed by atoms with Crippen LogP contribution in [-0.2, 0) is 4.79 Å². The van der Waals surface area contributed by atoms with Crippen LogP contribution >= 0.6 is 24.2 Å². The molecule has 1 amide bonds. The monoisotopic (exact) mass is 280 g/mol. The molecule has 102 valence electrons. The highest BCUT2D eigenvalue weighted by Gasteiger charge is 2.30. The Morgan fingerprint density at radius 3 is 2.65 bits per heavy atom. The van der Waals surface area contributed by atoms with Crippen LogP contribution in [0.3, 0.4) is 0 Å². The molecule has 1 aliphatic rings. The Morgan fingerprint density at radius 1 is 1.47 bits per heavy atom. The third-order valence-corrected chi connectivity index (χ3v) is 4.51. The largest absolute Gasteiger partial charge is 0.351 e. The highest BCUT2D eigenvalue weighted by molar-refractivity contribution is 7.99. The van der Waals surface area contributed by atoms with Crippen LogP contribution in [0.15, 0.2) is 0 Å². The van der Waals surface area contributed by atoms with E-state index in [1.165, 1.54) is 12.8 Å². The normalized spacial score (nSPS) is 25.5. The highest BCUT2D eigenvalue weighted by Crippen LogP contribution is 2.29. The van der Waals surface area contributed by atoms with Crippen LogP contribution in [0.2, 0.25) is 0 Å². The van der Waals surface area contributed by atoms with Gasteiger partial charge in [-0.1, -0.05) is 27.2 Å². The zero-order valence-corrected chi connectivity index (χ0v) is 12.6. The molecule has 0 aromatic heterocycles. The van der Waals surface area contributed by atoms with Gasteiger partial charge in [-0.2, -0.15) is 11.8 Å². The Kier molecular flexibility index (Phi) is 8.25. The SMILES string of the molecule is CCSC1CCCC1NC(=O)[C@H](N)C(C)C.Cl. The molecule has 0 aromatic carbocycles. The van der Waals surface area contributed by atoms with Crippen molar-refractivity contribution in [1.82, 2.24) is 5.32 Å². The maximum Gasteiger partial charge on any atom is 0.237 e. The summed E-state index contributed by atoms with van der Waals surface area (Å²) in [7, 11) is 0. The first-order chi connectivity index (χ1) is 7.56. The minimum atomic E-state index is -0.368. The first-order valence-electron chi connectivity index (χ1n) is 6.23. The Hall–Kier alpha value is 0.0700. The Morgan fingerprint density at radius 2 is 2.12 bits per heavy atom. The molecule has 0 spiro atoms. The van der Waals surface area contributed by atoms with Crippen molar-refractivity contribution < 1.29 is 4.79 Å². The lowest BCUT2D eigenvalue weighted by atomic mass is 10.0. The number of thioether (sulfide) groups is 1. The number of nitrogens with one attached hydrogen (secondary N) is 1. The molecule has 1 saturated carbocycles. The zero-order chi connectivity index (χ0) is 12.1. The Labute approximate surface area is 115 Å². The summed E-state index contributed by atoms with van der Waals surface area (Å²) in [5, 5.41) is 3.70. The summed E-state index contributed by atoms with van der Waals surface area (Å²) >= 11 is 1.95. The molecule has 5 heteroatoms. The summed E-state index contributed by atoms with van der Waals surface area (Å²) in [4.78, 5) is 11.8. The summed E-state index contributed by atoms with van der Waals surface area (Å²) in [6, 6.07) is -0.0323. The molecule has 1 aliphatic carbocycles. The van der Waals surface area contributed by atoms with E-state index in [4.69, 9.17) is 5.73 Å². The summed E-state index contributed by atoms with van der Waals surface area (Å²) in [6.07, 6.45) is 3.55. The fraction of sp³-hybridized carbons (Fsp3) is 0.917. The van der Waals surface area contributed by atoms with Crippen LogP contribution in [0.5, 0.6) is 0 Å². The smallest absolute Gasteiger partial charge is 0.237 e. The number of hydrogen-bond donors (Lipinski definition) is 2.